The van der Waals surface area contributed by atoms with Crippen LogP contribution in [0.3, 0.4) is 0 Å². The zero-order valence-electron chi connectivity index (χ0n) is 11.6. The first-order chi connectivity index (χ1) is 10.1. The molecule has 110 valence electrons. The first-order valence-electron chi connectivity index (χ1n) is 6.67. The molecule has 0 aliphatic rings. The Bertz CT molecular complexity index is 616. The van der Waals surface area contributed by atoms with Crippen LogP contribution in [0.25, 0.3) is 0 Å². The normalized spacial score (nSPS) is 11.8. The molecule has 1 unspecified atom stereocenters. The average Bonchev–Trinajstić information content (AvgIpc) is 2.46. The van der Waals surface area contributed by atoms with E-state index in [1.54, 1.807) is 0 Å². The van der Waals surface area contributed by atoms with Gasteiger partial charge in [0.1, 0.15) is 0 Å². The van der Waals surface area contributed by atoms with E-state index in [9.17, 15) is 4.79 Å². The molecule has 0 saturated heterocycles. The van der Waals surface area contributed by atoms with E-state index in [1.807, 2.05) is 55.5 Å². The van der Waals surface area contributed by atoms with Gasteiger partial charge < -0.3 is 10.6 Å². The molecule has 2 aromatic carbocycles. The van der Waals surface area contributed by atoms with Gasteiger partial charge in [-0.3, -0.25) is 0 Å². The van der Waals surface area contributed by atoms with Crippen LogP contribution in [-0.2, 0) is 0 Å². The Morgan fingerprint density at radius 3 is 2.57 bits per heavy atom. The zero-order chi connectivity index (χ0) is 15.2. The maximum absolute atomic E-state index is 12.1. The number of halogens is 2. The maximum atomic E-state index is 12.1. The van der Waals surface area contributed by atoms with Crippen LogP contribution >= 0.6 is 27.5 Å². The van der Waals surface area contributed by atoms with Crippen molar-refractivity contribution in [1.82, 2.24) is 5.32 Å². The molecule has 2 N–H and O–H groups in total. The number of nitrogens with one attached hydrogen (secondary N) is 2. The van der Waals surface area contributed by atoms with Crippen molar-refractivity contribution >= 4 is 39.2 Å². The summed E-state index contributed by atoms with van der Waals surface area (Å²) >= 11 is 9.26. The highest BCUT2D eigenvalue weighted by Gasteiger charge is 2.12. The van der Waals surface area contributed by atoms with Crippen molar-refractivity contribution in [2.45, 2.75) is 19.4 Å². The lowest BCUT2D eigenvalue weighted by Crippen LogP contribution is -2.32. The van der Waals surface area contributed by atoms with Crippen LogP contribution in [0.1, 0.15) is 24.9 Å². The fourth-order valence-corrected chi connectivity index (χ4v) is 2.53. The zero-order valence-corrected chi connectivity index (χ0v) is 13.9. The minimum atomic E-state index is -0.227. The number of benzene rings is 2. The lowest BCUT2D eigenvalue weighted by atomic mass is 10.1. The number of anilines is 1. The summed E-state index contributed by atoms with van der Waals surface area (Å²) < 4.78 is 0.921. The van der Waals surface area contributed by atoms with E-state index < -0.39 is 0 Å². The van der Waals surface area contributed by atoms with E-state index in [2.05, 4.69) is 26.6 Å². The Hall–Kier alpha value is -1.52. The number of urea groups is 1. The number of hydrogen-bond acceptors (Lipinski definition) is 1. The average molecular weight is 368 g/mol. The largest absolute Gasteiger partial charge is 0.331 e. The highest BCUT2D eigenvalue weighted by molar-refractivity contribution is 9.10. The smallest absolute Gasteiger partial charge is 0.319 e. The van der Waals surface area contributed by atoms with Crippen LogP contribution in [-0.4, -0.2) is 6.03 Å². The summed E-state index contributed by atoms with van der Waals surface area (Å²) in [4.78, 5) is 12.1. The predicted octanol–water partition coefficient (Wildman–Crippen LogP) is 5.38. The van der Waals surface area contributed by atoms with E-state index in [1.165, 1.54) is 0 Å². The molecular formula is C16H16BrClN2O. The van der Waals surface area contributed by atoms with Crippen molar-refractivity contribution in [2.75, 3.05) is 5.32 Å². The molecule has 0 aliphatic heterocycles. The van der Waals surface area contributed by atoms with Gasteiger partial charge in [-0.1, -0.05) is 52.7 Å². The molecule has 5 heteroatoms. The van der Waals surface area contributed by atoms with E-state index in [4.69, 9.17) is 11.6 Å². The number of amides is 2. The molecule has 2 aromatic rings. The van der Waals surface area contributed by atoms with Crippen molar-refractivity contribution in [3.05, 3.63) is 63.6 Å². The molecule has 0 bridgehead atoms. The number of hydrogen-bond donors (Lipinski definition) is 2. The first-order valence-corrected chi connectivity index (χ1v) is 7.84. The van der Waals surface area contributed by atoms with Gasteiger partial charge in [0.15, 0.2) is 0 Å². The molecule has 2 amide bonds. The summed E-state index contributed by atoms with van der Waals surface area (Å²) in [5.41, 5.74) is 1.78. The molecular weight excluding hydrogens is 352 g/mol. The lowest BCUT2D eigenvalue weighted by molar-refractivity contribution is 0.248. The molecule has 3 nitrogen and oxygen atoms in total. The van der Waals surface area contributed by atoms with Gasteiger partial charge in [0.2, 0.25) is 0 Å². The third kappa shape index (κ3) is 4.76. The Morgan fingerprint density at radius 2 is 1.95 bits per heavy atom. The molecule has 21 heavy (non-hydrogen) atoms. The summed E-state index contributed by atoms with van der Waals surface area (Å²) in [5, 5.41) is 6.47. The third-order valence-corrected chi connectivity index (χ3v) is 3.81. The van der Waals surface area contributed by atoms with E-state index in [0.717, 1.165) is 22.1 Å². The Morgan fingerprint density at radius 1 is 1.24 bits per heavy atom. The van der Waals surface area contributed by atoms with Crippen LogP contribution in [0, 0.1) is 0 Å². The predicted molar refractivity (Wildman–Crippen MR) is 90.8 cm³/mol. The van der Waals surface area contributed by atoms with Crippen LogP contribution in [0.5, 0.6) is 0 Å². The topological polar surface area (TPSA) is 41.1 Å². The van der Waals surface area contributed by atoms with Gasteiger partial charge in [0.25, 0.3) is 0 Å². The van der Waals surface area contributed by atoms with Gasteiger partial charge >= 0.3 is 6.03 Å². The summed E-state index contributed by atoms with van der Waals surface area (Å²) in [6.45, 7) is 2.03. The molecule has 0 spiro atoms. The fraction of sp³-hybridized carbons (Fsp3) is 0.188. The van der Waals surface area contributed by atoms with Gasteiger partial charge in [-0.2, -0.15) is 0 Å². The lowest BCUT2D eigenvalue weighted by Gasteiger charge is -2.18. The molecule has 2 rings (SSSR count). The Balaban J connectivity index is 2.01. The second-order valence-electron chi connectivity index (χ2n) is 4.62. The minimum absolute atomic E-state index is 0.0468. The first kappa shape index (κ1) is 15.9. The van der Waals surface area contributed by atoms with Gasteiger partial charge in [0.05, 0.1) is 6.04 Å². The Labute approximate surface area is 137 Å². The molecule has 0 aliphatic carbocycles. The molecule has 0 fully saturated rings. The molecule has 0 radical (unpaired) electrons. The second-order valence-corrected chi connectivity index (χ2v) is 5.97. The highest BCUT2D eigenvalue weighted by Crippen LogP contribution is 2.20. The molecule has 0 aromatic heterocycles. The highest BCUT2D eigenvalue weighted by atomic mass is 79.9. The minimum Gasteiger partial charge on any atom is -0.331 e. The van der Waals surface area contributed by atoms with Crippen molar-refractivity contribution < 1.29 is 4.79 Å². The van der Waals surface area contributed by atoms with E-state index in [-0.39, 0.29) is 12.1 Å². The van der Waals surface area contributed by atoms with Gasteiger partial charge in [-0.15, -0.1) is 0 Å². The van der Waals surface area contributed by atoms with Crippen molar-refractivity contribution in [3.63, 3.8) is 0 Å². The van der Waals surface area contributed by atoms with Crippen LogP contribution in [0.2, 0.25) is 5.02 Å². The summed E-state index contributed by atoms with van der Waals surface area (Å²) in [6.07, 6.45) is 0.799. The SMILES string of the molecule is CCC(NC(=O)Nc1cccc(Br)c1)c1ccc(Cl)cc1. The van der Waals surface area contributed by atoms with Gasteiger partial charge in [-0.05, 0) is 42.3 Å². The third-order valence-electron chi connectivity index (χ3n) is 3.07. The van der Waals surface area contributed by atoms with Crippen molar-refractivity contribution in [2.24, 2.45) is 0 Å². The maximum Gasteiger partial charge on any atom is 0.319 e. The fourth-order valence-electron chi connectivity index (χ4n) is 2.01. The summed E-state index contributed by atoms with van der Waals surface area (Å²) in [7, 11) is 0. The number of carbonyl (C=O) groups is 1. The van der Waals surface area contributed by atoms with Gasteiger partial charge in [0, 0.05) is 15.2 Å². The van der Waals surface area contributed by atoms with Gasteiger partial charge in [-0.25, -0.2) is 4.79 Å². The summed E-state index contributed by atoms with van der Waals surface area (Å²) in [6, 6.07) is 14.7. The van der Waals surface area contributed by atoms with Crippen LogP contribution in [0.4, 0.5) is 10.5 Å². The second kappa shape index (κ2) is 7.48. The monoisotopic (exact) mass is 366 g/mol. The standard InChI is InChI=1S/C16H16BrClN2O/c1-2-15(11-6-8-13(18)9-7-11)20-16(21)19-14-5-3-4-12(17)10-14/h3-10,15H,2H2,1H3,(H2,19,20,21). The quantitative estimate of drug-likeness (QED) is 0.749. The molecule has 1 atom stereocenters. The van der Waals surface area contributed by atoms with Crippen molar-refractivity contribution in [3.8, 4) is 0 Å². The van der Waals surface area contributed by atoms with Crippen LogP contribution in [0.15, 0.2) is 53.0 Å². The molecule has 0 heterocycles. The van der Waals surface area contributed by atoms with Crippen molar-refractivity contribution in [1.29, 1.82) is 0 Å². The van der Waals surface area contributed by atoms with E-state index >= 15 is 0 Å². The summed E-state index contributed by atoms with van der Waals surface area (Å²) in [5.74, 6) is 0. The molecule has 0 saturated carbocycles. The Kier molecular flexibility index (Phi) is 5.65. The van der Waals surface area contributed by atoms with E-state index in [0.29, 0.717) is 5.02 Å². The number of carbonyl (C=O) groups excluding carboxylic acids is 1. The van der Waals surface area contributed by atoms with Crippen LogP contribution < -0.4 is 10.6 Å². The number of rotatable bonds is 4.